The number of carbonyl (C=O) groups excluding carboxylic acids is 2. The molecule has 2 amide bonds. The minimum atomic E-state index is -0.580. The van der Waals surface area contributed by atoms with Crippen LogP contribution in [0.15, 0.2) is 41.8 Å². The standard InChI is InChI=1S/C36H44N4O2S2/c1-21-13-22(2)15-24(14-21)32-31(23(3)17-37-33(41)25-18-39(19-25)20-28-7-6-12-43-28)29-16-30(44-34(29)38-32)36(4,5)35(42)40-26-8-9-27(40)11-10-26/h6-7,12-16,23,25-27,38H,8-11,17-20H2,1-5H3,(H,37,41)/t23-,26?,27?/m1/s1. The number of likely N-dealkylation sites (tertiary alicyclic amines) is 1. The van der Waals surface area contributed by atoms with Gasteiger partial charge in [0.1, 0.15) is 4.83 Å². The highest BCUT2D eigenvalue weighted by Crippen LogP contribution is 2.45. The van der Waals surface area contributed by atoms with E-state index in [1.54, 1.807) is 22.7 Å². The summed E-state index contributed by atoms with van der Waals surface area (Å²) in [5.74, 6) is 0.572. The summed E-state index contributed by atoms with van der Waals surface area (Å²) in [7, 11) is 0. The Labute approximate surface area is 268 Å². The molecule has 1 atom stereocenters. The number of nitrogens with one attached hydrogen (secondary N) is 2. The van der Waals surface area contributed by atoms with Gasteiger partial charge in [-0.05, 0) is 94.2 Å². The first-order chi connectivity index (χ1) is 21.1. The van der Waals surface area contributed by atoms with Crippen molar-refractivity contribution in [1.29, 1.82) is 0 Å². The van der Waals surface area contributed by atoms with Gasteiger partial charge in [0.15, 0.2) is 0 Å². The molecule has 8 heteroatoms. The zero-order chi connectivity index (χ0) is 30.7. The van der Waals surface area contributed by atoms with E-state index in [0.29, 0.717) is 18.6 Å². The van der Waals surface area contributed by atoms with E-state index in [4.69, 9.17) is 0 Å². The Hall–Kier alpha value is -2.94. The molecule has 0 aliphatic carbocycles. The van der Waals surface area contributed by atoms with Gasteiger partial charge >= 0.3 is 0 Å². The van der Waals surface area contributed by atoms with Crippen LogP contribution in [-0.4, -0.2) is 58.3 Å². The summed E-state index contributed by atoms with van der Waals surface area (Å²) < 4.78 is 0. The van der Waals surface area contributed by atoms with Crippen LogP contribution in [0.5, 0.6) is 0 Å². The monoisotopic (exact) mass is 628 g/mol. The van der Waals surface area contributed by atoms with Crippen molar-refractivity contribution in [3.63, 3.8) is 0 Å². The number of aryl methyl sites for hydroxylation is 2. The maximum absolute atomic E-state index is 14.0. The van der Waals surface area contributed by atoms with E-state index in [-0.39, 0.29) is 23.7 Å². The lowest BCUT2D eigenvalue weighted by atomic mass is 9.88. The molecule has 1 aromatic carbocycles. The van der Waals surface area contributed by atoms with Gasteiger partial charge in [-0.15, -0.1) is 22.7 Å². The number of hydrogen-bond acceptors (Lipinski definition) is 5. The molecule has 0 unspecified atom stereocenters. The van der Waals surface area contributed by atoms with E-state index in [1.807, 2.05) is 0 Å². The van der Waals surface area contributed by atoms with Crippen LogP contribution in [0.1, 0.15) is 78.8 Å². The van der Waals surface area contributed by atoms with Crippen LogP contribution in [0.4, 0.5) is 0 Å². The smallest absolute Gasteiger partial charge is 0.233 e. The first kappa shape index (κ1) is 29.8. The van der Waals surface area contributed by atoms with E-state index in [0.717, 1.165) is 60.7 Å². The molecule has 3 saturated heterocycles. The average Bonchev–Trinajstić information content (AvgIpc) is 3.79. The lowest BCUT2D eigenvalue weighted by Gasteiger charge is -2.38. The van der Waals surface area contributed by atoms with Crippen LogP contribution >= 0.6 is 22.7 Å². The highest BCUT2D eigenvalue weighted by molar-refractivity contribution is 7.19. The summed E-state index contributed by atoms with van der Waals surface area (Å²) >= 11 is 3.49. The largest absolute Gasteiger partial charge is 0.355 e. The van der Waals surface area contributed by atoms with Gasteiger partial charge < -0.3 is 15.2 Å². The molecular weight excluding hydrogens is 585 g/mol. The number of aromatic nitrogens is 1. The fourth-order valence-electron chi connectivity index (χ4n) is 7.83. The second-order valence-electron chi connectivity index (χ2n) is 14.1. The van der Waals surface area contributed by atoms with Crippen molar-refractivity contribution < 1.29 is 9.59 Å². The quantitative estimate of drug-likeness (QED) is 0.204. The van der Waals surface area contributed by atoms with Gasteiger partial charge in [-0.2, -0.15) is 0 Å². The van der Waals surface area contributed by atoms with E-state index in [2.05, 4.69) is 96.5 Å². The topological polar surface area (TPSA) is 68.4 Å². The molecule has 232 valence electrons. The fraction of sp³-hybridized carbons (Fsp3) is 0.500. The Morgan fingerprint density at radius 3 is 2.36 bits per heavy atom. The number of nitrogens with zero attached hydrogens (tertiary/aromatic N) is 2. The SMILES string of the molecule is Cc1cc(C)cc(-c2[nH]c3sc(C(C)(C)C(=O)N4C5CCC4CC5)cc3c2[C@H](C)CNC(=O)C2CN(Cc3cccs3)C2)c1. The number of fused-ring (bicyclic) bond motifs is 3. The zero-order valence-corrected chi connectivity index (χ0v) is 28.2. The lowest BCUT2D eigenvalue weighted by molar-refractivity contribution is -0.137. The second kappa shape index (κ2) is 11.5. The van der Waals surface area contributed by atoms with Gasteiger partial charge in [-0.1, -0.05) is 30.2 Å². The molecule has 6 nitrogen and oxygen atoms in total. The van der Waals surface area contributed by atoms with Crippen LogP contribution in [0.25, 0.3) is 21.5 Å². The first-order valence-electron chi connectivity index (χ1n) is 16.2. The molecule has 2 bridgehead atoms. The van der Waals surface area contributed by atoms with Crippen LogP contribution in [-0.2, 0) is 21.5 Å². The molecule has 2 N–H and O–H groups in total. The number of thiophene rings is 2. The number of hydrogen-bond donors (Lipinski definition) is 2. The normalized spacial score (nSPS) is 21.2. The molecule has 6 heterocycles. The van der Waals surface area contributed by atoms with Crippen molar-refractivity contribution in [2.24, 2.45) is 5.92 Å². The molecule has 4 aromatic rings. The second-order valence-corrected chi connectivity index (χ2v) is 16.1. The Balaban J connectivity index is 1.13. The highest BCUT2D eigenvalue weighted by atomic mass is 32.1. The molecule has 0 spiro atoms. The van der Waals surface area contributed by atoms with Gasteiger partial charge in [0, 0.05) is 59.3 Å². The van der Waals surface area contributed by atoms with E-state index in [9.17, 15) is 9.59 Å². The van der Waals surface area contributed by atoms with Crippen LogP contribution in [0.3, 0.4) is 0 Å². The van der Waals surface area contributed by atoms with Gasteiger partial charge in [-0.3, -0.25) is 14.5 Å². The first-order valence-corrected chi connectivity index (χ1v) is 17.9. The maximum atomic E-state index is 14.0. The Kier molecular flexibility index (Phi) is 7.74. The third-order valence-corrected chi connectivity index (χ3v) is 12.5. The number of carbonyl (C=O) groups is 2. The highest BCUT2D eigenvalue weighted by Gasteiger charge is 2.47. The zero-order valence-electron chi connectivity index (χ0n) is 26.5. The predicted molar refractivity (Wildman–Crippen MR) is 182 cm³/mol. The number of H-pyrrole nitrogens is 1. The summed E-state index contributed by atoms with van der Waals surface area (Å²) in [6, 6.07) is 14.0. The van der Waals surface area contributed by atoms with Crippen molar-refractivity contribution in [1.82, 2.24) is 20.1 Å². The summed E-state index contributed by atoms with van der Waals surface area (Å²) in [5.41, 5.74) is 5.41. The van der Waals surface area contributed by atoms with Crippen molar-refractivity contribution in [2.45, 2.75) is 90.3 Å². The molecule has 3 fully saturated rings. The van der Waals surface area contributed by atoms with Crippen molar-refractivity contribution in [3.8, 4) is 11.3 Å². The Morgan fingerprint density at radius 2 is 1.73 bits per heavy atom. The van der Waals surface area contributed by atoms with Gasteiger partial charge in [0.2, 0.25) is 11.8 Å². The Morgan fingerprint density at radius 1 is 1.05 bits per heavy atom. The number of rotatable bonds is 9. The number of aromatic amines is 1. The van der Waals surface area contributed by atoms with Crippen LogP contribution < -0.4 is 5.32 Å². The van der Waals surface area contributed by atoms with Crippen molar-refractivity contribution in [3.05, 3.63) is 68.2 Å². The van der Waals surface area contributed by atoms with Crippen LogP contribution in [0.2, 0.25) is 0 Å². The molecule has 0 radical (unpaired) electrons. The van der Waals surface area contributed by atoms with Crippen molar-refractivity contribution >= 4 is 44.7 Å². The van der Waals surface area contributed by atoms with Crippen molar-refractivity contribution in [2.75, 3.05) is 19.6 Å². The fourth-order valence-corrected chi connectivity index (χ4v) is 9.74. The summed E-state index contributed by atoms with van der Waals surface area (Å²) in [4.78, 5) is 39.0. The molecular formula is C36H44N4O2S2. The maximum Gasteiger partial charge on any atom is 0.233 e. The summed E-state index contributed by atoms with van der Waals surface area (Å²) in [5, 5.41) is 6.58. The molecule has 7 rings (SSSR count). The minimum Gasteiger partial charge on any atom is -0.355 e. The molecule has 3 aliphatic rings. The minimum absolute atomic E-state index is 0.0488. The average molecular weight is 629 g/mol. The van der Waals surface area contributed by atoms with E-state index >= 15 is 0 Å². The van der Waals surface area contributed by atoms with E-state index < -0.39 is 5.41 Å². The van der Waals surface area contributed by atoms with E-state index in [1.165, 1.54) is 32.5 Å². The molecule has 3 aromatic heterocycles. The summed E-state index contributed by atoms with van der Waals surface area (Å²) in [6.45, 7) is 13.8. The number of amides is 2. The Bertz CT molecular complexity index is 1650. The third kappa shape index (κ3) is 5.33. The van der Waals surface area contributed by atoms with Gasteiger partial charge in [0.25, 0.3) is 0 Å². The van der Waals surface area contributed by atoms with Gasteiger partial charge in [-0.25, -0.2) is 0 Å². The van der Waals surface area contributed by atoms with Gasteiger partial charge in [0.05, 0.1) is 17.0 Å². The number of benzene rings is 1. The third-order valence-electron chi connectivity index (χ3n) is 10.2. The predicted octanol–water partition coefficient (Wildman–Crippen LogP) is 7.36. The molecule has 0 saturated carbocycles. The lowest BCUT2D eigenvalue weighted by Crippen LogP contribution is -2.53. The van der Waals surface area contributed by atoms with Crippen LogP contribution in [0, 0.1) is 19.8 Å². The molecule has 44 heavy (non-hydrogen) atoms. The molecule has 3 aliphatic heterocycles. The summed E-state index contributed by atoms with van der Waals surface area (Å²) in [6.07, 6.45) is 4.60.